The minimum atomic E-state index is -0.454. The standard InChI is InChI=1S/C25H21ClN6O4S/c1-16(33)36-21-8-3-17(13-22(21)35-2)14-28-29-23(34)15-37-25-31-30-24(18-9-11-27-12-10-18)32(25)20-6-4-19(26)5-7-20/h3-14H,15H2,1-2H3,(H,29,34)/b28-14+. The van der Waals surface area contributed by atoms with E-state index < -0.39 is 5.97 Å². The Morgan fingerprint density at radius 2 is 1.84 bits per heavy atom. The summed E-state index contributed by atoms with van der Waals surface area (Å²) in [5.74, 6) is 0.534. The van der Waals surface area contributed by atoms with Crippen molar-refractivity contribution in [2.24, 2.45) is 5.10 Å². The maximum atomic E-state index is 12.5. The molecule has 4 aromatic rings. The molecule has 0 radical (unpaired) electrons. The van der Waals surface area contributed by atoms with Gasteiger partial charge in [-0.3, -0.25) is 19.1 Å². The van der Waals surface area contributed by atoms with Gasteiger partial charge in [0.15, 0.2) is 22.5 Å². The Hall–Kier alpha value is -4.22. The van der Waals surface area contributed by atoms with Gasteiger partial charge in [0.2, 0.25) is 0 Å². The van der Waals surface area contributed by atoms with Gasteiger partial charge in [0.25, 0.3) is 5.91 Å². The highest BCUT2D eigenvalue weighted by Crippen LogP contribution is 2.29. The first-order valence-electron chi connectivity index (χ1n) is 10.9. The zero-order chi connectivity index (χ0) is 26.2. The van der Waals surface area contributed by atoms with Crippen molar-refractivity contribution in [2.75, 3.05) is 12.9 Å². The van der Waals surface area contributed by atoms with Crippen molar-refractivity contribution in [1.29, 1.82) is 0 Å². The molecule has 0 aliphatic rings. The van der Waals surface area contributed by atoms with Crippen LogP contribution in [0.25, 0.3) is 17.1 Å². The Balaban J connectivity index is 1.45. The van der Waals surface area contributed by atoms with Crippen LogP contribution >= 0.6 is 23.4 Å². The van der Waals surface area contributed by atoms with Gasteiger partial charge in [0.1, 0.15) is 0 Å². The summed E-state index contributed by atoms with van der Waals surface area (Å²) in [4.78, 5) is 27.7. The van der Waals surface area contributed by atoms with Crippen LogP contribution in [0.4, 0.5) is 0 Å². The van der Waals surface area contributed by atoms with Crippen LogP contribution in [0.5, 0.6) is 11.5 Å². The summed E-state index contributed by atoms with van der Waals surface area (Å²) >= 11 is 7.28. The topological polar surface area (TPSA) is 121 Å². The summed E-state index contributed by atoms with van der Waals surface area (Å²) in [6.07, 6.45) is 4.81. The molecule has 0 aliphatic carbocycles. The lowest BCUT2D eigenvalue weighted by Gasteiger charge is -2.10. The van der Waals surface area contributed by atoms with E-state index in [0.29, 0.717) is 33.1 Å². The SMILES string of the molecule is COc1cc(/C=N/NC(=O)CSc2nnc(-c3ccncc3)n2-c2ccc(Cl)cc2)ccc1OC(C)=O. The quantitative estimate of drug-likeness (QED) is 0.111. The van der Waals surface area contributed by atoms with Crippen LogP contribution in [0.1, 0.15) is 12.5 Å². The average molecular weight is 537 g/mol. The number of carbonyl (C=O) groups excluding carboxylic acids is 2. The molecule has 0 saturated heterocycles. The van der Waals surface area contributed by atoms with Gasteiger partial charge >= 0.3 is 5.97 Å². The molecule has 0 bridgehead atoms. The van der Waals surface area contributed by atoms with Crippen molar-refractivity contribution in [3.05, 3.63) is 77.6 Å². The Kier molecular flexibility index (Phi) is 8.49. The third-order valence-corrected chi connectivity index (χ3v) is 6.01. The number of carbonyl (C=O) groups is 2. The fourth-order valence-corrected chi connectivity index (χ4v) is 4.09. The van der Waals surface area contributed by atoms with Gasteiger partial charge in [-0.05, 0) is 60.2 Å². The minimum absolute atomic E-state index is 0.0497. The first kappa shape index (κ1) is 25.9. The molecular formula is C25H21ClN6O4S. The molecule has 2 aromatic heterocycles. The number of methoxy groups -OCH3 is 1. The Morgan fingerprint density at radius 3 is 2.54 bits per heavy atom. The molecule has 2 heterocycles. The molecule has 4 rings (SSSR count). The maximum absolute atomic E-state index is 12.5. The summed E-state index contributed by atoms with van der Waals surface area (Å²) in [6, 6.07) is 15.8. The van der Waals surface area contributed by atoms with E-state index in [1.54, 1.807) is 42.7 Å². The lowest BCUT2D eigenvalue weighted by Crippen LogP contribution is -2.20. The van der Waals surface area contributed by atoms with Crippen molar-refractivity contribution in [1.82, 2.24) is 25.2 Å². The van der Waals surface area contributed by atoms with Crippen molar-refractivity contribution in [2.45, 2.75) is 12.1 Å². The van der Waals surface area contributed by atoms with Gasteiger partial charge in [0.05, 0.1) is 19.1 Å². The Bertz CT molecular complexity index is 1430. The second kappa shape index (κ2) is 12.2. The second-order valence-corrected chi connectivity index (χ2v) is 8.82. The predicted octanol–water partition coefficient (Wildman–Crippen LogP) is 4.16. The van der Waals surface area contributed by atoms with E-state index in [1.807, 2.05) is 28.8 Å². The molecule has 1 N–H and O–H groups in total. The molecule has 12 heteroatoms. The van der Waals surface area contributed by atoms with Crippen LogP contribution < -0.4 is 14.9 Å². The number of pyridine rings is 1. The highest BCUT2D eigenvalue weighted by Gasteiger charge is 2.17. The van der Waals surface area contributed by atoms with Gasteiger partial charge < -0.3 is 9.47 Å². The molecule has 0 saturated carbocycles. The molecule has 0 spiro atoms. The van der Waals surface area contributed by atoms with Gasteiger partial charge in [-0.2, -0.15) is 5.10 Å². The van der Waals surface area contributed by atoms with E-state index in [4.69, 9.17) is 21.1 Å². The molecule has 37 heavy (non-hydrogen) atoms. The average Bonchev–Trinajstić information content (AvgIpc) is 3.33. The number of hydrogen-bond donors (Lipinski definition) is 1. The number of thioether (sulfide) groups is 1. The van der Waals surface area contributed by atoms with E-state index in [9.17, 15) is 9.59 Å². The number of ether oxygens (including phenoxy) is 2. The molecule has 10 nitrogen and oxygen atoms in total. The number of esters is 1. The van der Waals surface area contributed by atoms with Crippen molar-refractivity contribution in [3.8, 4) is 28.6 Å². The fraction of sp³-hybridized carbons (Fsp3) is 0.120. The van der Waals surface area contributed by atoms with Gasteiger partial charge in [-0.1, -0.05) is 23.4 Å². The van der Waals surface area contributed by atoms with E-state index in [1.165, 1.54) is 32.0 Å². The molecule has 0 fully saturated rings. The molecule has 2 aromatic carbocycles. The zero-order valence-electron chi connectivity index (χ0n) is 19.8. The van der Waals surface area contributed by atoms with Crippen LogP contribution in [0.15, 0.2) is 77.2 Å². The molecule has 0 atom stereocenters. The van der Waals surface area contributed by atoms with Crippen LogP contribution in [0.3, 0.4) is 0 Å². The van der Waals surface area contributed by atoms with Gasteiger partial charge in [0, 0.05) is 35.6 Å². The third-order valence-electron chi connectivity index (χ3n) is 4.83. The number of benzene rings is 2. The Morgan fingerprint density at radius 1 is 1.08 bits per heavy atom. The van der Waals surface area contributed by atoms with Crippen LogP contribution in [-0.2, 0) is 9.59 Å². The lowest BCUT2D eigenvalue weighted by atomic mass is 10.2. The number of nitrogens with zero attached hydrogens (tertiary/aromatic N) is 5. The largest absolute Gasteiger partial charge is 0.493 e. The van der Waals surface area contributed by atoms with Gasteiger partial charge in [-0.25, -0.2) is 5.43 Å². The van der Waals surface area contributed by atoms with Crippen LogP contribution in [0.2, 0.25) is 5.02 Å². The van der Waals surface area contributed by atoms with E-state index in [2.05, 4.69) is 25.7 Å². The smallest absolute Gasteiger partial charge is 0.308 e. The highest BCUT2D eigenvalue weighted by molar-refractivity contribution is 7.99. The maximum Gasteiger partial charge on any atom is 0.308 e. The highest BCUT2D eigenvalue weighted by atomic mass is 35.5. The lowest BCUT2D eigenvalue weighted by molar-refractivity contribution is -0.132. The molecule has 1 amide bonds. The monoisotopic (exact) mass is 536 g/mol. The first-order valence-corrected chi connectivity index (χ1v) is 12.2. The number of hydrogen-bond acceptors (Lipinski definition) is 9. The zero-order valence-corrected chi connectivity index (χ0v) is 21.4. The number of hydrazone groups is 1. The van der Waals surface area contributed by atoms with E-state index in [0.717, 1.165) is 11.3 Å². The predicted molar refractivity (Wildman–Crippen MR) is 140 cm³/mol. The number of amides is 1. The number of rotatable bonds is 9. The second-order valence-electron chi connectivity index (χ2n) is 7.44. The molecule has 0 unspecified atom stereocenters. The normalized spacial score (nSPS) is 10.9. The van der Waals surface area contributed by atoms with Crippen molar-refractivity contribution in [3.63, 3.8) is 0 Å². The van der Waals surface area contributed by atoms with Gasteiger partial charge in [-0.15, -0.1) is 10.2 Å². The summed E-state index contributed by atoms with van der Waals surface area (Å²) in [5, 5.41) is 13.8. The third kappa shape index (κ3) is 6.72. The summed E-state index contributed by atoms with van der Waals surface area (Å²) < 4.78 is 12.2. The van der Waals surface area contributed by atoms with Crippen LogP contribution in [0, 0.1) is 0 Å². The molecular weight excluding hydrogens is 516 g/mol. The summed E-state index contributed by atoms with van der Waals surface area (Å²) in [5.41, 5.74) is 4.76. The number of nitrogens with one attached hydrogen (secondary N) is 1. The fourth-order valence-electron chi connectivity index (χ4n) is 3.22. The molecule has 0 aliphatic heterocycles. The summed E-state index contributed by atoms with van der Waals surface area (Å²) in [7, 11) is 1.46. The van der Waals surface area contributed by atoms with E-state index in [-0.39, 0.29) is 11.7 Å². The summed E-state index contributed by atoms with van der Waals surface area (Å²) in [6.45, 7) is 1.31. The number of halogens is 1. The number of aromatic nitrogens is 4. The van der Waals surface area contributed by atoms with Crippen LogP contribution in [-0.4, -0.2) is 50.7 Å². The van der Waals surface area contributed by atoms with Crippen molar-refractivity contribution >= 4 is 41.5 Å². The first-order chi connectivity index (χ1) is 17.9. The van der Waals surface area contributed by atoms with E-state index >= 15 is 0 Å². The van der Waals surface area contributed by atoms with Crippen molar-refractivity contribution < 1.29 is 19.1 Å². The molecule has 188 valence electrons. The minimum Gasteiger partial charge on any atom is -0.493 e. The Labute approximate surface area is 221 Å².